The van der Waals surface area contributed by atoms with Crippen molar-refractivity contribution in [1.82, 2.24) is 10.2 Å². The van der Waals surface area contributed by atoms with Crippen molar-refractivity contribution in [2.24, 2.45) is 4.99 Å². The molecule has 0 radical (unpaired) electrons. The molecule has 0 aliphatic carbocycles. The molecule has 1 aliphatic rings. The quantitative estimate of drug-likeness (QED) is 0.364. The van der Waals surface area contributed by atoms with Gasteiger partial charge in [-0.25, -0.2) is 9.38 Å². The van der Waals surface area contributed by atoms with Crippen molar-refractivity contribution in [2.75, 3.05) is 44.7 Å². The topological polar surface area (TPSA) is 60.3 Å². The van der Waals surface area contributed by atoms with Gasteiger partial charge in [0.05, 0.1) is 19.3 Å². The first-order valence-corrected chi connectivity index (χ1v) is 9.51. The molecule has 0 aromatic heterocycles. The molecule has 29 heavy (non-hydrogen) atoms. The number of aliphatic imine (C=N–C) groups is 1. The third-order valence-electron chi connectivity index (χ3n) is 4.76. The molecule has 1 saturated heterocycles. The highest BCUT2D eigenvalue weighted by Crippen LogP contribution is 2.28. The zero-order valence-electron chi connectivity index (χ0n) is 16.8. The van der Waals surface area contributed by atoms with Crippen LogP contribution in [0.1, 0.15) is 12.5 Å². The standard InChI is InChI=1S/C21H27FN4O2.HI/c1-3-23-21(24-15-16-8-9-19(27)17(22)14-16)26-12-10-25(11-13-26)18-6-4-5-7-20(18)28-2;/h4-9,14,27H,3,10-13,15H2,1-2H3,(H,23,24);1H. The van der Waals surface area contributed by atoms with Gasteiger partial charge in [-0.2, -0.15) is 0 Å². The molecule has 2 aromatic carbocycles. The Morgan fingerprint density at radius 2 is 1.90 bits per heavy atom. The number of ether oxygens (including phenoxy) is 1. The van der Waals surface area contributed by atoms with E-state index >= 15 is 0 Å². The zero-order chi connectivity index (χ0) is 19.9. The SMILES string of the molecule is CCNC(=NCc1ccc(O)c(F)c1)N1CCN(c2ccccc2OC)CC1.I. The van der Waals surface area contributed by atoms with Gasteiger partial charge in [-0.1, -0.05) is 18.2 Å². The molecule has 1 fully saturated rings. The number of piperazine rings is 1. The minimum atomic E-state index is -0.622. The van der Waals surface area contributed by atoms with E-state index in [1.807, 2.05) is 25.1 Å². The minimum Gasteiger partial charge on any atom is -0.505 e. The lowest BCUT2D eigenvalue weighted by molar-refractivity contribution is 0.367. The number of nitrogens with one attached hydrogen (secondary N) is 1. The van der Waals surface area contributed by atoms with E-state index in [-0.39, 0.29) is 29.7 Å². The molecular weight excluding hydrogens is 486 g/mol. The fourth-order valence-electron chi connectivity index (χ4n) is 3.29. The fraction of sp³-hybridized carbons (Fsp3) is 0.381. The van der Waals surface area contributed by atoms with Gasteiger partial charge in [0.15, 0.2) is 17.5 Å². The van der Waals surface area contributed by atoms with E-state index < -0.39 is 5.82 Å². The van der Waals surface area contributed by atoms with Crippen LogP contribution in [0.2, 0.25) is 0 Å². The Morgan fingerprint density at radius 1 is 1.17 bits per heavy atom. The third kappa shape index (κ3) is 5.88. The van der Waals surface area contributed by atoms with E-state index in [4.69, 9.17) is 4.74 Å². The number of hydrogen-bond acceptors (Lipinski definition) is 4. The van der Waals surface area contributed by atoms with Crippen molar-refractivity contribution >= 4 is 35.6 Å². The van der Waals surface area contributed by atoms with Crippen LogP contribution in [0.5, 0.6) is 11.5 Å². The van der Waals surface area contributed by atoms with E-state index in [0.29, 0.717) is 6.54 Å². The van der Waals surface area contributed by atoms with E-state index in [2.05, 4.69) is 26.2 Å². The van der Waals surface area contributed by atoms with Crippen LogP contribution in [0.4, 0.5) is 10.1 Å². The molecule has 2 N–H and O–H groups in total. The molecule has 3 rings (SSSR count). The van der Waals surface area contributed by atoms with Crippen molar-refractivity contribution in [3.63, 3.8) is 0 Å². The van der Waals surface area contributed by atoms with Crippen LogP contribution in [0.25, 0.3) is 0 Å². The van der Waals surface area contributed by atoms with Crippen LogP contribution in [0, 0.1) is 5.82 Å². The molecule has 0 unspecified atom stereocenters. The van der Waals surface area contributed by atoms with Gasteiger partial charge in [-0.15, -0.1) is 24.0 Å². The molecule has 1 aliphatic heterocycles. The molecule has 0 bridgehead atoms. The van der Waals surface area contributed by atoms with Gasteiger partial charge in [0.25, 0.3) is 0 Å². The normalized spacial score (nSPS) is 14.4. The van der Waals surface area contributed by atoms with Gasteiger partial charge in [0, 0.05) is 32.7 Å². The lowest BCUT2D eigenvalue weighted by Crippen LogP contribution is -2.52. The van der Waals surface area contributed by atoms with Gasteiger partial charge >= 0.3 is 0 Å². The first-order chi connectivity index (χ1) is 13.6. The lowest BCUT2D eigenvalue weighted by atomic mass is 10.2. The van der Waals surface area contributed by atoms with Crippen molar-refractivity contribution in [1.29, 1.82) is 0 Å². The summed E-state index contributed by atoms with van der Waals surface area (Å²) in [6.07, 6.45) is 0. The minimum absolute atomic E-state index is 0. The number of para-hydroxylation sites is 2. The number of hydrogen-bond donors (Lipinski definition) is 2. The van der Waals surface area contributed by atoms with Gasteiger partial charge in [-0.05, 0) is 36.8 Å². The summed E-state index contributed by atoms with van der Waals surface area (Å²) in [5, 5.41) is 12.6. The monoisotopic (exact) mass is 514 g/mol. The average molecular weight is 514 g/mol. The summed E-state index contributed by atoms with van der Waals surface area (Å²) in [5.41, 5.74) is 1.82. The molecular formula is C21H28FIN4O2. The highest BCUT2D eigenvalue weighted by molar-refractivity contribution is 14.0. The maximum atomic E-state index is 13.5. The molecule has 0 saturated carbocycles. The number of rotatable bonds is 5. The smallest absolute Gasteiger partial charge is 0.194 e. The van der Waals surface area contributed by atoms with Gasteiger partial charge < -0.3 is 25.0 Å². The van der Waals surface area contributed by atoms with Crippen LogP contribution in [0.15, 0.2) is 47.5 Å². The number of phenolic OH excluding ortho intramolecular Hbond substituents is 1. The molecule has 0 amide bonds. The van der Waals surface area contributed by atoms with Gasteiger partial charge in [0.2, 0.25) is 0 Å². The Labute approximate surface area is 188 Å². The Bertz CT molecular complexity index is 826. The number of halogens is 2. The molecule has 158 valence electrons. The number of aromatic hydroxyl groups is 1. The Balaban J connectivity index is 0.00000300. The second-order valence-corrected chi connectivity index (χ2v) is 6.60. The summed E-state index contributed by atoms with van der Waals surface area (Å²) < 4.78 is 19.0. The molecule has 0 atom stereocenters. The number of nitrogens with zero attached hydrogens (tertiary/aromatic N) is 3. The number of anilines is 1. The third-order valence-corrected chi connectivity index (χ3v) is 4.76. The fourth-order valence-corrected chi connectivity index (χ4v) is 3.29. The first kappa shape index (κ1) is 23.1. The highest BCUT2D eigenvalue weighted by Gasteiger charge is 2.21. The Morgan fingerprint density at radius 3 is 2.55 bits per heavy atom. The number of benzene rings is 2. The lowest BCUT2D eigenvalue weighted by Gasteiger charge is -2.38. The first-order valence-electron chi connectivity index (χ1n) is 9.51. The van der Waals surface area contributed by atoms with Crippen LogP contribution < -0.4 is 15.0 Å². The van der Waals surface area contributed by atoms with Crippen LogP contribution in [0.3, 0.4) is 0 Å². The molecule has 2 aromatic rings. The number of phenols is 1. The Kier molecular flexibility index (Phi) is 8.81. The van der Waals surface area contributed by atoms with Crippen molar-refractivity contribution in [3.8, 4) is 11.5 Å². The Hall–Kier alpha value is -2.23. The van der Waals surface area contributed by atoms with Crippen LogP contribution >= 0.6 is 24.0 Å². The van der Waals surface area contributed by atoms with Crippen LogP contribution in [-0.2, 0) is 6.54 Å². The maximum Gasteiger partial charge on any atom is 0.194 e. The van der Waals surface area contributed by atoms with E-state index in [1.165, 1.54) is 12.1 Å². The van der Waals surface area contributed by atoms with Gasteiger partial charge in [0.1, 0.15) is 5.75 Å². The maximum absolute atomic E-state index is 13.5. The molecule has 6 nitrogen and oxygen atoms in total. The summed E-state index contributed by atoms with van der Waals surface area (Å²) in [7, 11) is 1.69. The molecule has 8 heteroatoms. The largest absolute Gasteiger partial charge is 0.505 e. The molecule has 1 heterocycles. The van der Waals surface area contributed by atoms with Crippen molar-refractivity contribution in [2.45, 2.75) is 13.5 Å². The molecule has 0 spiro atoms. The number of methoxy groups -OCH3 is 1. The van der Waals surface area contributed by atoms with E-state index in [9.17, 15) is 9.50 Å². The number of guanidine groups is 1. The predicted molar refractivity (Wildman–Crippen MR) is 125 cm³/mol. The summed E-state index contributed by atoms with van der Waals surface area (Å²) >= 11 is 0. The highest BCUT2D eigenvalue weighted by atomic mass is 127. The summed E-state index contributed by atoms with van der Waals surface area (Å²) in [5.74, 6) is 0.733. The van der Waals surface area contributed by atoms with Gasteiger partial charge in [-0.3, -0.25) is 0 Å². The van der Waals surface area contributed by atoms with E-state index in [1.54, 1.807) is 13.2 Å². The zero-order valence-corrected chi connectivity index (χ0v) is 19.1. The summed E-state index contributed by atoms with van der Waals surface area (Å²) in [6.45, 7) is 6.52. The second-order valence-electron chi connectivity index (χ2n) is 6.60. The van der Waals surface area contributed by atoms with Crippen molar-refractivity contribution < 1.29 is 14.2 Å². The predicted octanol–water partition coefficient (Wildman–Crippen LogP) is 3.45. The summed E-state index contributed by atoms with van der Waals surface area (Å²) in [4.78, 5) is 9.18. The summed E-state index contributed by atoms with van der Waals surface area (Å²) in [6, 6.07) is 12.4. The second kappa shape index (κ2) is 11.1. The average Bonchev–Trinajstić information content (AvgIpc) is 2.73. The van der Waals surface area contributed by atoms with Crippen LogP contribution in [-0.4, -0.2) is 55.8 Å². The van der Waals surface area contributed by atoms with Crippen molar-refractivity contribution in [3.05, 3.63) is 53.8 Å². The van der Waals surface area contributed by atoms with E-state index in [0.717, 1.165) is 55.7 Å².